The number of nitrogens with zero attached hydrogens (tertiary/aromatic N) is 1. The molecule has 6 atom stereocenters. The third-order valence-electron chi connectivity index (χ3n) is 7.27. The van der Waals surface area contributed by atoms with Gasteiger partial charge in [-0.25, -0.2) is 4.79 Å². The van der Waals surface area contributed by atoms with Crippen LogP contribution in [-0.4, -0.2) is 39.5 Å². The quantitative estimate of drug-likeness (QED) is 0.727. The molecule has 2 heterocycles. The number of amides is 1. The fraction of sp³-hybridized carbons (Fsp3) is 0.889. The zero-order chi connectivity index (χ0) is 16.6. The fourth-order valence-electron chi connectivity index (χ4n) is 5.48. The number of carbonyl (C=O) groups is 2. The van der Waals surface area contributed by atoms with Gasteiger partial charge in [-0.2, -0.15) is 0 Å². The highest BCUT2D eigenvalue weighted by atomic mass is 32.2. The summed E-state index contributed by atoms with van der Waals surface area (Å²) in [5, 5.41) is 0. The van der Waals surface area contributed by atoms with Crippen molar-refractivity contribution < 1.29 is 14.3 Å². The van der Waals surface area contributed by atoms with Crippen LogP contribution in [0.25, 0.3) is 0 Å². The average molecular weight is 337 g/mol. The monoisotopic (exact) mass is 337 g/mol. The van der Waals surface area contributed by atoms with Gasteiger partial charge in [0.05, 0.1) is 4.87 Å². The molecule has 0 aromatic rings. The van der Waals surface area contributed by atoms with Gasteiger partial charge in [-0.3, -0.25) is 4.79 Å². The molecule has 4 nitrogen and oxygen atoms in total. The largest absolute Gasteiger partial charge is 0.461 e. The van der Waals surface area contributed by atoms with E-state index < -0.39 is 0 Å². The smallest absolute Gasteiger partial charge is 0.330 e. The van der Waals surface area contributed by atoms with Crippen LogP contribution in [-0.2, 0) is 14.3 Å². The summed E-state index contributed by atoms with van der Waals surface area (Å²) < 4.78 is 5.94. The Hall–Kier alpha value is -0.710. The Morgan fingerprint density at radius 3 is 2.70 bits per heavy atom. The molecule has 2 saturated heterocycles. The molecule has 1 amide bonds. The Morgan fingerprint density at radius 1 is 1.30 bits per heavy atom. The van der Waals surface area contributed by atoms with Gasteiger partial charge in [0.15, 0.2) is 0 Å². The lowest BCUT2D eigenvalue weighted by Gasteiger charge is -2.61. The first-order valence-electron chi connectivity index (χ1n) is 8.90. The Labute approximate surface area is 142 Å². The van der Waals surface area contributed by atoms with E-state index in [2.05, 4.69) is 27.7 Å². The molecule has 0 aromatic carbocycles. The van der Waals surface area contributed by atoms with Crippen LogP contribution >= 0.6 is 11.8 Å². The molecule has 5 aliphatic rings. The van der Waals surface area contributed by atoms with E-state index in [0.29, 0.717) is 35.3 Å². The van der Waals surface area contributed by atoms with Crippen molar-refractivity contribution in [3.05, 3.63) is 0 Å². The van der Waals surface area contributed by atoms with Crippen LogP contribution in [0, 0.1) is 23.2 Å². The van der Waals surface area contributed by atoms with Crippen LogP contribution in [0.2, 0.25) is 0 Å². The fourth-order valence-corrected chi connectivity index (χ4v) is 6.90. The number of thioether (sulfide) groups is 1. The molecular weight excluding hydrogens is 310 g/mol. The van der Waals surface area contributed by atoms with Gasteiger partial charge in [0.2, 0.25) is 5.91 Å². The molecule has 3 saturated carbocycles. The van der Waals surface area contributed by atoms with Crippen molar-refractivity contribution in [3.8, 4) is 0 Å². The molecule has 0 spiro atoms. The number of ether oxygens (including phenoxy) is 1. The maximum absolute atomic E-state index is 12.7. The Kier molecular flexibility index (Phi) is 3.37. The van der Waals surface area contributed by atoms with Gasteiger partial charge in [-0.05, 0) is 49.4 Å². The van der Waals surface area contributed by atoms with E-state index in [9.17, 15) is 9.59 Å². The third kappa shape index (κ3) is 2.11. The molecule has 2 aliphatic heterocycles. The molecule has 0 N–H and O–H groups in total. The van der Waals surface area contributed by atoms with Crippen molar-refractivity contribution in [2.45, 2.75) is 70.4 Å². The topological polar surface area (TPSA) is 46.6 Å². The average Bonchev–Trinajstić information content (AvgIpc) is 2.97. The van der Waals surface area contributed by atoms with Gasteiger partial charge in [0.1, 0.15) is 12.1 Å². The summed E-state index contributed by atoms with van der Waals surface area (Å²) in [5.74, 6) is 2.38. The summed E-state index contributed by atoms with van der Waals surface area (Å²) in [6.45, 7) is 9.01. The second-order valence-electron chi connectivity index (χ2n) is 8.70. The molecule has 3 aliphatic carbocycles. The summed E-state index contributed by atoms with van der Waals surface area (Å²) >= 11 is 1.73. The molecule has 0 radical (unpaired) electrons. The summed E-state index contributed by atoms with van der Waals surface area (Å²) in [4.78, 5) is 26.5. The molecule has 0 aromatic heterocycles. The number of carbonyl (C=O) groups excluding carboxylic acids is 2. The van der Waals surface area contributed by atoms with Gasteiger partial charge in [0.25, 0.3) is 0 Å². The second-order valence-corrected chi connectivity index (χ2v) is 10.2. The van der Waals surface area contributed by atoms with Crippen molar-refractivity contribution in [1.29, 1.82) is 0 Å². The number of rotatable bonds is 2. The number of fused-ring (bicyclic) bond motifs is 3. The molecular formula is C18H27NO3S. The van der Waals surface area contributed by atoms with Gasteiger partial charge in [0, 0.05) is 12.2 Å². The maximum Gasteiger partial charge on any atom is 0.330 e. The van der Waals surface area contributed by atoms with Gasteiger partial charge in [-0.15, -0.1) is 11.8 Å². The summed E-state index contributed by atoms with van der Waals surface area (Å²) in [6, 6.07) is -0.376. The third-order valence-corrected chi connectivity index (χ3v) is 8.77. The highest BCUT2D eigenvalue weighted by Crippen LogP contribution is 2.61. The first-order chi connectivity index (χ1) is 10.7. The number of esters is 1. The van der Waals surface area contributed by atoms with Crippen molar-refractivity contribution >= 4 is 23.6 Å². The predicted molar refractivity (Wildman–Crippen MR) is 89.8 cm³/mol. The zero-order valence-electron chi connectivity index (χ0n) is 14.5. The van der Waals surface area contributed by atoms with E-state index in [0.717, 1.165) is 12.8 Å². The number of hydrogen-bond acceptors (Lipinski definition) is 4. The van der Waals surface area contributed by atoms with E-state index >= 15 is 0 Å². The standard InChI is InChI=1S/C18H27NO3S/c1-10-12-7-11(17(12,2)3)8-14(10)22-16(21)13-9-23-18(4)6-5-15(20)19(13)18/h10-14H,5-9H2,1-4H3/t10-,11+,12+,13-,14+,18-/m0/s1. The van der Waals surface area contributed by atoms with Gasteiger partial charge < -0.3 is 9.64 Å². The van der Waals surface area contributed by atoms with Gasteiger partial charge in [-0.1, -0.05) is 20.8 Å². The van der Waals surface area contributed by atoms with Gasteiger partial charge >= 0.3 is 5.97 Å². The first-order valence-corrected chi connectivity index (χ1v) is 9.89. The first kappa shape index (κ1) is 15.8. The molecule has 5 rings (SSSR count). The molecule has 128 valence electrons. The molecule has 5 fully saturated rings. The van der Waals surface area contributed by atoms with Crippen molar-refractivity contribution in [1.82, 2.24) is 4.90 Å². The van der Waals surface area contributed by atoms with E-state index in [1.807, 2.05) is 0 Å². The molecule has 0 unspecified atom stereocenters. The minimum absolute atomic E-state index is 0.0360. The lowest BCUT2D eigenvalue weighted by atomic mass is 9.45. The lowest BCUT2D eigenvalue weighted by molar-refractivity contribution is -0.190. The summed E-state index contributed by atoms with van der Waals surface area (Å²) in [6.07, 6.45) is 3.71. The summed E-state index contributed by atoms with van der Waals surface area (Å²) in [5.41, 5.74) is 0.398. The SMILES string of the molecule is C[C@H]1[C@H]2C[C@H](C[C@H]1OC(=O)[C@@H]1CS[C@@]3(C)CCC(=O)N13)C2(C)C. The minimum Gasteiger partial charge on any atom is -0.461 e. The Morgan fingerprint density at radius 2 is 2.04 bits per heavy atom. The Bertz CT molecular complexity index is 562. The van der Waals surface area contributed by atoms with Crippen LogP contribution in [0.3, 0.4) is 0 Å². The second kappa shape index (κ2) is 4.90. The van der Waals surface area contributed by atoms with Crippen LogP contribution in [0.4, 0.5) is 0 Å². The summed E-state index contributed by atoms with van der Waals surface area (Å²) in [7, 11) is 0. The van der Waals surface area contributed by atoms with Crippen molar-refractivity contribution in [2.24, 2.45) is 23.2 Å². The lowest BCUT2D eigenvalue weighted by Crippen LogP contribution is -2.58. The van der Waals surface area contributed by atoms with E-state index in [1.165, 1.54) is 6.42 Å². The van der Waals surface area contributed by atoms with Crippen LogP contribution in [0.15, 0.2) is 0 Å². The van der Waals surface area contributed by atoms with E-state index in [-0.39, 0.29) is 28.9 Å². The highest BCUT2D eigenvalue weighted by Gasteiger charge is 2.58. The van der Waals surface area contributed by atoms with Crippen molar-refractivity contribution in [2.75, 3.05) is 5.75 Å². The normalized spacial score (nSPS) is 47.2. The number of hydrogen-bond donors (Lipinski definition) is 0. The molecule has 23 heavy (non-hydrogen) atoms. The molecule has 5 heteroatoms. The zero-order valence-corrected chi connectivity index (χ0v) is 15.3. The van der Waals surface area contributed by atoms with E-state index in [4.69, 9.17) is 4.74 Å². The van der Waals surface area contributed by atoms with Crippen LogP contribution in [0.5, 0.6) is 0 Å². The van der Waals surface area contributed by atoms with E-state index in [1.54, 1.807) is 16.7 Å². The predicted octanol–water partition coefficient (Wildman–Crippen LogP) is 3.05. The molecule has 2 bridgehead atoms. The van der Waals surface area contributed by atoms with Crippen LogP contribution in [0.1, 0.15) is 53.4 Å². The maximum atomic E-state index is 12.7. The Balaban J connectivity index is 1.44. The minimum atomic E-state index is -0.376. The van der Waals surface area contributed by atoms with Crippen molar-refractivity contribution in [3.63, 3.8) is 0 Å². The highest BCUT2D eigenvalue weighted by molar-refractivity contribution is 8.01. The van der Waals surface area contributed by atoms with Crippen LogP contribution < -0.4 is 0 Å².